The number of thioether (sulfide) groups is 1. The standard InChI is InChI=1S/C25H28FN3O3S/c1-14(2)19(21(30)27-13-15-9-11-16(26)12-10-15)28-22(31)20-25(3,4)33-24-18-8-6-5-7-17(18)23(32)29(20)24/h5-12,14,19-20,24H,13H2,1-4H3,(H,27,30)(H,28,31)/t19-,20+,24-/m0/s1. The Balaban J connectivity index is 1.49. The van der Waals surface area contributed by atoms with Crippen LogP contribution in [0, 0.1) is 11.7 Å². The van der Waals surface area contributed by atoms with E-state index in [0.29, 0.717) is 5.56 Å². The second-order valence-electron chi connectivity index (χ2n) is 9.35. The Hall–Kier alpha value is -2.87. The Morgan fingerprint density at radius 3 is 2.45 bits per heavy atom. The molecule has 1 fully saturated rings. The maximum Gasteiger partial charge on any atom is 0.256 e. The van der Waals surface area contributed by atoms with E-state index in [1.165, 1.54) is 12.1 Å². The molecule has 33 heavy (non-hydrogen) atoms. The van der Waals surface area contributed by atoms with Crippen LogP contribution >= 0.6 is 11.8 Å². The zero-order valence-electron chi connectivity index (χ0n) is 19.1. The van der Waals surface area contributed by atoms with Crippen molar-refractivity contribution in [2.45, 2.75) is 56.4 Å². The lowest BCUT2D eigenvalue weighted by Crippen LogP contribution is -2.58. The Morgan fingerprint density at radius 1 is 1.12 bits per heavy atom. The molecular weight excluding hydrogens is 441 g/mol. The van der Waals surface area contributed by atoms with Crippen LogP contribution in [-0.2, 0) is 16.1 Å². The van der Waals surface area contributed by atoms with Gasteiger partial charge in [0.1, 0.15) is 23.3 Å². The van der Waals surface area contributed by atoms with Gasteiger partial charge in [0.2, 0.25) is 11.8 Å². The van der Waals surface area contributed by atoms with Crippen molar-refractivity contribution in [3.8, 4) is 0 Å². The first kappa shape index (κ1) is 23.3. The van der Waals surface area contributed by atoms with Crippen molar-refractivity contribution in [3.05, 3.63) is 71.0 Å². The molecule has 0 aliphatic carbocycles. The van der Waals surface area contributed by atoms with E-state index in [1.54, 1.807) is 34.9 Å². The van der Waals surface area contributed by atoms with Crippen molar-refractivity contribution < 1.29 is 18.8 Å². The fourth-order valence-electron chi connectivity index (χ4n) is 4.47. The molecule has 2 N–H and O–H groups in total. The van der Waals surface area contributed by atoms with Gasteiger partial charge in [-0.15, -0.1) is 11.8 Å². The largest absolute Gasteiger partial charge is 0.350 e. The number of rotatable bonds is 6. The highest BCUT2D eigenvalue weighted by Crippen LogP contribution is 2.56. The summed E-state index contributed by atoms with van der Waals surface area (Å²) in [6, 6.07) is 11.9. The molecule has 8 heteroatoms. The summed E-state index contributed by atoms with van der Waals surface area (Å²) in [6.45, 7) is 7.85. The van der Waals surface area contributed by atoms with E-state index in [-0.39, 0.29) is 41.4 Å². The Morgan fingerprint density at radius 2 is 1.79 bits per heavy atom. The monoisotopic (exact) mass is 469 g/mol. The van der Waals surface area contributed by atoms with E-state index in [1.807, 2.05) is 45.9 Å². The lowest BCUT2D eigenvalue weighted by atomic mass is 9.98. The first-order chi connectivity index (χ1) is 15.6. The molecule has 0 aromatic heterocycles. The predicted octanol–water partition coefficient (Wildman–Crippen LogP) is 3.63. The number of carbonyl (C=O) groups is 3. The average molecular weight is 470 g/mol. The SMILES string of the molecule is CC(C)[C@H](NC(=O)[C@H]1N2C(=O)c3ccccc3[C@@H]2SC1(C)C)C(=O)NCc1ccc(F)cc1. The molecule has 2 aromatic carbocycles. The molecule has 4 rings (SSSR count). The van der Waals surface area contributed by atoms with Crippen molar-refractivity contribution in [3.63, 3.8) is 0 Å². The van der Waals surface area contributed by atoms with E-state index >= 15 is 0 Å². The molecule has 0 saturated carbocycles. The number of halogens is 1. The summed E-state index contributed by atoms with van der Waals surface area (Å²) in [6.07, 6.45) is 0. The second-order valence-corrected chi connectivity index (χ2v) is 11.1. The number of fused-ring (bicyclic) bond motifs is 3. The molecule has 0 spiro atoms. The van der Waals surface area contributed by atoms with Gasteiger partial charge in [-0.05, 0) is 49.1 Å². The van der Waals surface area contributed by atoms with Gasteiger partial charge in [0.05, 0.1) is 0 Å². The van der Waals surface area contributed by atoms with Gasteiger partial charge in [-0.2, -0.15) is 0 Å². The Kier molecular flexibility index (Phi) is 6.22. The molecule has 3 atom stereocenters. The number of nitrogens with one attached hydrogen (secondary N) is 2. The van der Waals surface area contributed by atoms with E-state index in [9.17, 15) is 18.8 Å². The number of carbonyl (C=O) groups excluding carboxylic acids is 3. The van der Waals surface area contributed by atoms with Crippen molar-refractivity contribution in [1.82, 2.24) is 15.5 Å². The molecule has 6 nitrogen and oxygen atoms in total. The third-order valence-corrected chi connectivity index (χ3v) is 7.71. The van der Waals surface area contributed by atoms with Crippen LogP contribution in [0.15, 0.2) is 48.5 Å². The zero-order chi connectivity index (χ0) is 23.9. The van der Waals surface area contributed by atoms with E-state index in [0.717, 1.165) is 11.1 Å². The maximum atomic E-state index is 13.5. The number of hydrogen-bond donors (Lipinski definition) is 2. The number of nitrogens with zero attached hydrogens (tertiary/aromatic N) is 1. The van der Waals surface area contributed by atoms with Crippen LogP contribution in [-0.4, -0.2) is 39.5 Å². The average Bonchev–Trinajstić information content (AvgIpc) is 3.20. The maximum absolute atomic E-state index is 13.5. The van der Waals surface area contributed by atoms with Gasteiger partial charge in [0.15, 0.2) is 0 Å². The number of hydrogen-bond acceptors (Lipinski definition) is 4. The fraction of sp³-hybridized carbons (Fsp3) is 0.400. The molecule has 0 unspecified atom stereocenters. The molecule has 2 aromatic rings. The molecule has 2 heterocycles. The minimum Gasteiger partial charge on any atom is -0.350 e. The van der Waals surface area contributed by atoms with Crippen molar-refractivity contribution in [1.29, 1.82) is 0 Å². The van der Waals surface area contributed by atoms with Crippen LogP contribution in [0.25, 0.3) is 0 Å². The zero-order valence-corrected chi connectivity index (χ0v) is 19.9. The second kappa shape index (κ2) is 8.82. The first-order valence-electron chi connectivity index (χ1n) is 11.0. The van der Waals surface area contributed by atoms with Crippen molar-refractivity contribution >= 4 is 29.5 Å². The van der Waals surface area contributed by atoms with E-state index in [4.69, 9.17) is 0 Å². The van der Waals surface area contributed by atoms with Crippen molar-refractivity contribution in [2.24, 2.45) is 5.92 Å². The molecular formula is C25H28FN3O3S. The van der Waals surface area contributed by atoms with Crippen LogP contribution in [0.5, 0.6) is 0 Å². The number of amides is 3. The van der Waals surface area contributed by atoms with Gasteiger partial charge < -0.3 is 15.5 Å². The summed E-state index contributed by atoms with van der Waals surface area (Å²) in [4.78, 5) is 41.2. The van der Waals surface area contributed by atoms with Gasteiger partial charge in [-0.25, -0.2) is 4.39 Å². The summed E-state index contributed by atoms with van der Waals surface area (Å²) in [5, 5.41) is 5.51. The minimum absolute atomic E-state index is 0.157. The molecule has 1 saturated heterocycles. The predicted molar refractivity (Wildman–Crippen MR) is 126 cm³/mol. The molecule has 174 valence electrons. The summed E-state index contributed by atoms with van der Waals surface area (Å²) >= 11 is 1.59. The molecule has 2 aliphatic heterocycles. The van der Waals surface area contributed by atoms with Crippen LogP contribution in [0.3, 0.4) is 0 Å². The van der Waals surface area contributed by atoms with Crippen LogP contribution in [0.1, 0.15) is 54.6 Å². The highest BCUT2D eigenvalue weighted by atomic mass is 32.2. The summed E-state index contributed by atoms with van der Waals surface area (Å²) in [5.74, 6) is -1.32. The van der Waals surface area contributed by atoms with Gasteiger partial charge in [-0.1, -0.05) is 44.2 Å². The molecule has 3 amide bonds. The van der Waals surface area contributed by atoms with Crippen LogP contribution in [0.2, 0.25) is 0 Å². The highest BCUT2D eigenvalue weighted by Gasteiger charge is 2.57. The minimum atomic E-state index is -0.766. The Bertz CT molecular complexity index is 1090. The van der Waals surface area contributed by atoms with Gasteiger partial charge in [-0.3, -0.25) is 14.4 Å². The highest BCUT2D eigenvalue weighted by molar-refractivity contribution is 8.01. The Labute approximate surface area is 197 Å². The van der Waals surface area contributed by atoms with Crippen molar-refractivity contribution in [2.75, 3.05) is 0 Å². The smallest absolute Gasteiger partial charge is 0.256 e. The number of benzene rings is 2. The first-order valence-corrected chi connectivity index (χ1v) is 11.9. The van der Waals surface area contributed by atoms with Crippen LogP contribution < -0.4 is 10.6 Å². The van der Waals surface area contributed by atoms with E-state index in [2.05, 4.69) is 10.6 Å². The summed E-state index contributed by atoms with van der Waals surface area (Å²) in [5.41, 5.74) is 2.31. The normalized spacial score (nSPS) is 21.5. The summed E-state index contributed by atoms with van der Waals surface area (Å²) in [7, 11) is 0. The van der Waals surface area contributed by atoms with Gasteiger partial charge in [0.25, 0.3) is 5.91 Å². The third kappa shape index (κ3) is 4.36. The summed E-state index contributed by atoms with van der Waals surface area (Å²) < 4.78 is 12.6. The molecule has 0 bridgehead atoms. The van der Waals surface area contributed by atoms with E-state index < -0.39 is 16.8 Å². The van der Waals surface area contributed by atoms with Gasteiger partial charge in [0, 0.05) is 16.9 Å². The lowest BCUT2D eigenvalue weighted by Gasteiger charge is -2.32. The quantitative estimate of drug-likeness (QED) is 0.677. The van der Waals surface area contributed by atoms with Crippen LogP contribution in [0.4, 0.5) is 4.39 Å². The molecule has 0 radical (unpaired) electrons. The molecule has 2 aliphatic rings. The van der Waals surface area contributed by atoms with Gasteiger partial charge >= 0.3 is 0 Å². The fourth-order valence-corrected chi connectivity index (χ4v) is 6.06. The third-order valence-electron chi connectivity index (χ3n) is 6.17. The lowest BCUT2D eigenvalue weighted by molar-refractivity contribution is -0.132. The topological polar surface area (TPSA) is 78.5 Å².